The predicted molar refractivity (Wildman–Crippen MR) is 64.6 cm³/mol. The summed E-state index contributed by atoms with van der Waals surface area (Å²) in [6, 6.07) is 2.90. The first-order chi connectivity index (χ1) is 8.58. The van der Waals surface area contributed by atoms with Crippen LogP contribution in [0.15, 0.2) is 23.1 Å². The molecule has 19 heavy (non-hydrogen) atoms. The molecule has 1 rings (SSSR count). The van der Waals surface area contributed by atoms with Crippen LogP contribution in [0.2, 0.25) is 0 Å². The molecule has 0 amide bonds. The molecule has 1 aromatic rings. The zero-order chi connectivity index (χ0) is 14.8. The van der Waals surface area contributed by atoms with E-state index in [1.54, 1.807) is 0 Å². The largest absolute Gasteiger partial charge is 0.495 e. The van der Waals surface area contributed by atoms with E-state index in [1.807, 2.05) is 0 Å². The Hall–Kier alpha value is -1.13. The van der Waals surface area contributed by atoms with Crippen molar-refractivity contribution in [3.05, 3.63) is 18.2 Å². The Morgan fingerprint density at radius 2 is 1.84 bits per heavy atom. The lowest BCUT2D eigenvalue weighted by Crippen LogP contribution is -2.21. The normalized spacial score (nSPS) is 12.5. The Morgan fingerprint density at radius 1 is 1.26 bits per heavy atom. The number of alkyl halides is 2. The van der Waals surface area contributed by atoms with E-state index in [-0.39, 0.29) is 5.75 Å². The molecule has 0 aliphatic heterocycles. The number of ether oxygens (including phenoxy) is 1. The van der Waals surface area contributed by atoms with Crippen molar-refractivity contribution in [3.8, 4) is 5.75 Å². The first-order valence-corrected chi connectivity index (χ1v) is 8.36. The SMILES string of the molecule is COc1ccc(S(=O)(=O)Cl)cc1NS(=O)(=O)C(F)F. The van der Waals surface area contributed by atoms with Crippen LogP contribution in [0, 0.1) is 0 Å². The summed E-state index contributed by atoms with van der Waals surface area (Å²) in [6.07, 6.45) is 0. The van der Waals surface area contributed by atoms with Crippen LogP contribution in [-0.2, 0) is 19.1 Å². The van der Waals surface area contributed by atoms with E-state index in [4.69, 9.17) is 15.4 Å². The summed E-state index contributed by atoms with van der Waals surface area (Å²) in [6.45, 7) is 0. The number of anilines is 1. The Morgan fingerprint density at radius 3 is 2.26 bits per heavy atom. The summed E-state index contributed by atoms with van der Waals surface area (Å²) in [5.74, 6) is -3.80. The molecule has 0 atom stereocenters. The average Bonchev–Trinajstić information content (AvgIpc) is 2.27. The quantitative estimate of drug-likeness (QED) is 0.825. The first-order valence-electron chi connectivity index (χ1n) is 4.50. The van der Waals surface area contributed by atoms with Crippen molar-refractivity contribution in [1.29, 1.82) is 0 Å². The number of methoxy groups -OCH3 is 1. The van der Waals surface area contributed by atoms with E-state index < -0.39 is 35.4 Å². The second-order valence-corrected chi connectivity index (χ2v) is 7.42. The highest BCUT2D eigenvalue weighted by molar-refractivity contribution is 8.13. The summed E-state index contributed by atoms with van der Waals surface area (Å²) < 4.78 is 74.9. The highest BCUT2D eigenvalue weighted by atomic mass is 35.7. The molecule has 0 unspecified atom stereocenters. The van der Waals surface area contributed by atoms with Crippen molar-refractivity contribution in [2.24, 2.45) is 0 Å². The van der Waals surface area contributed by atoms with Crippen LogP contribution in [0.5, 0.6) is 5.75 Å². The van der Waals surface area contributed by atoms with E-state index in [2.05, 4.69) is 0 Å². The fourth-order valence-corrected chi connectivity index (χ4v) is 2.45. The number of nitrogens with one attached hydrogen (secondary N) is 1. The Labute approximate surface area is 112 Å². The minimum absolute atomic E-state index is 0.131. The fourth-order valence-electron chi connectivity index (χ4n) is 1.12. The lowest BCUT2D eigenvalue weighted by Gasteiger charge is -2.12. The monoisotopic (exact) mass is 335 g/mol. The number of rotatable bonds is 5. The van der Waals surface area contributed by atoms with Gasteiger partial charge in [-0.2, -0.15) is 8.78 Å². The van der Waals surface area contributed by atoms with Crippen molar-refractivity contribution in [2.45, 2.75) is 10.7 Å². The minimum Gasteiger partial charge on any atom is -0.495 e. The molecule has 1 aromatic carbocycles. The maximum atomic E-state index is 12.2. The number of sulfonamides is 1. The lowest BCUT2D eigenvalue weighted by atomic mass is 10.3. The number of benzene rings is 1. The minimum atomic E-state index is -4.95. The van der Waals surface area contributed by atoms with E-state index >= 15 is 0 Å². The number of halogens is 3. The maximum absolute atomic E-state index is 12.2. The second kappa shape index (κ2) is 5.47. The topological polar surface area (TPSA) is 89.5 Å². The van der Waals surface area contributed by atoms with Gasteiger partial charge in [-0.3, -0.25) is 4.72 Å². The Bertz CT molecular complexity index is 674. The molecule has 0 bridgehead atoms. The van der Waals surface area contributed by atoms with Crippen molar-refractivity contribution >= 4 is 35.4 Å². The third-order valence-corrected chi connectivity index (χ3v) is 4.26. The zero-order valence-corrected chi connectivity index (χ0v) is 11.7. The van der Waals surface area contributed by atoms with Gasteiger partial charge in [-0.05, 0) is 18.2 Å². The molecule has 0 saturated heterocycles. The predicted octanol–water partition coefficient (Wildman–Crippen LogP) is 1.59. The van der Waals surface area contributed by atoms with Crippen LogP contribution in [-0.4, -0.2) is 29.7 Å². The van der Waals surface area contributed by atoms with E-state index in [0.29, 0.717) is 0 Å². The third kappa shape index (κ3) is 3.91. The van der Waals surface area contributed by atoms with Gasteiger partial charge >= 0.3 is 5.76 Å². The summed E-state index contributed by atoms with van der Waals surface area (Å²) in [4.78, 5) is -0.457. The third-order valence-electron chi connectivity index (χ3n) is 1.94. The van der Waals surface area contributed by atoms with Crippen molar-refractivity contribution in [2.75, 3.05) is 11.8 Å². The van der Waals surface area contributed by atoms with Gasteiger partial charge in [0.25, 0.3) is 19.1 Å². The van der Waals surface area contributed by atoms with Gasteiger partial charge in [-0.15, -0.1) is 0 Å². The molecule has 0 fully saturated rings. The van der Waals surface area contributed by atoms with Gasteiger partial charge in [0.15, 0.2) is 0 Å². The standard InChI is InChI=1S/C8H8ClF2NO5S2/c1-17-7-3-2-5(18(9,13)14)4-6(7)12-19(15,16)8(10)11/h2-4,8,12H,1H3. The van der Waals surface area contributed by atoms with Crippen LogP contribution in [0.25, 0.3) is 0 Å². The summed E-state index contributed by atoms with van der Waals surface area (Å²) in [7, 11) is -2.86. The van der Waals surface area contributed by atoms with E-state index in [0.717, 1.165) is 25.3 Å². The molecular formula is C8H8ClF2NO5S2. The van der Waals surface area contributed by atoms with Crippen molar-refractivity contribution in [3.63, 3.8) is 0 Å². The van der Waals surface area contributed by atoms with Crippen LogP contribution < -0.4 is 9.46 Å². The molecule has 0 saturated carbocycles. The van der Waals surface area contributed by atoms with Crippen LogP contribution in [0.3, 0.4) is 0 Å². The van der Waals surface area contributed by atoms with Crippen LogP contribution in [0.4, 0.5) is 14.5 Å². The van der Waals surface area contributed by atoms with Gasteiger partial charge in [0, 0.05) is 10.7 Å². The highest BCUT2D eigenvalue weighted by Crippen LogP contribution is 2.30. The molecule has 0 heterocycles. The average molecular weight is 336 g/mol. The van der Waals surface area contributed by atoms with Crippen molar-refractivity contribution < 1.29 is 30.4 Å². The molecule has 1 N–H and O–H groups in total. The molecule has 0 aromatic heterocycles. The highest BCUT2D eigenvalue weighted by Gasteiger charge is 2.26. The van der Waals surface area contributed by atoms with E-state index in [1.165, 1.54) is 4.72 Å². The van der Waals surface area contributed by atoms with Crippen molar-refractivity contribution in [1.82, 2.24) is 0 Å². The van der Waals surface area contributed by atoms with Gasteiger partial charge in [-0.1, -0.05) is 0 Å². The zero-order valence-electron chi connectivity index (χ0n) is 9.30. The maximum Gasteiger partial charge on any atom is 0.355 e. The Balaban J connectivity index is 3.33. The van der Waals surface area contributed by atoms with Gasteiger partial charge in [0.2, 0.25) is 0 Å². The molecule has 0 aliphatic carbocycles. The lowest BCUT2D eigenvalue weighted by molar-refractivity contribution is 0.236. The molecule has 0 radical (unpaired) electrons. The van der Waals surface area contributed by atoms with Gasteiger partial charge < -0.3 is 4.74 Å². The molecule has 108 valence electrons. The fraction of sp³-hybridized carbons (Fsp3) is 0.250. The van der Waals surface area contributed by atoms with Gasteiger partial charge in [-0.25, -0.2) is 16.8 Å². The molecule has 0 spiro atoms. The number of hydrogen-bond acceptors (Lipinski definition) is 5. The Kier molecular flexibility index (Phi) is 4.59. The second-order valence-electron chi connectivity index (χ2n) is 3.21. The summed E-state index contributed by atoms with van der Waals surface area (Å²) >= 11 is 0. The van der Waals surface area contributed by atoms with Gasteiger partial charge in [0.1, 0.15) is 5.75 Å². The first kappa shape index (κ1) is 15.9. The van der Waals surface area contributed by atoms with Crippen LogP contribution >= 0.6 is 10.7 Å². The van der Waals surface area contributed by atoms with Crippen LogP contribution in [0.1, 0.15) is 0 Å². The summed E-state index contributed by atoms with van der Waals surface area (Å²) in [5, 5.41) is 0. The molecule has 11 heteroatoms. The molecular weight excluding hydrogens is 328 g/mol. The van der Waals surface area contributed by atoms with Gasteiger partial charge in [0.05, 0.1) is 17.7 Å². The summed E-state index contributed by atoms with van der Waals surface area (Å²) in [5.41, 5.74) is -0.454. The molecule has 6 nitrogen and oxygen atoms in total. The smallest absolute Gasteiger partial charge is 0.355 e. The number of hydrogen-bond donors (Lipinski definition) is 1. The molecule has 0 aliphatic rings. The van der Waals surface area contributed by atoms with E-state index in [9.17, 15) is 25.6 Å².